The van der Waals surface area contributed by atoms with Crippen molar-refractivity contribution < 1.29 is 5.11 Å². The van der Waals surface area contributed by atoms with Gasteiger partial charge in [0.2, 0.25) is 0 Å². The molecular formula is C9H8BrNO. The van der Waals surface area contributed by atoms with E-state index in [4.69, 9.17) is 5.11 Å². The van der Waals surface area contributed by atoms with Crippen molar-refractivity contribution in [2.45, 2.75) is 13.0 Å². The largest absolute Gasteiger partial charge is 0.381 e. The average molecular weight is 226 g/mol. The molecule has 1 N–H and O–H groups in total. The molecule has 0 radical (unpaired) electrons. The van der Waals surface area contributed by atoms with Crippen LogP contribution in [0.25, 0.3) is 0 Å². The van der Waals surface area contributed by atoms with Crippen molar-refractivity contribution in [1.82, 2.24) is 4.98 Å². The highest BCUT2D eigenvalue weighted by Gasteiger charge is 1.89. The normalized spacial score (nSPS) is 11.6. The molecule has 2 nitrogen and oxygen atoms in total. The zero-order valence-corrected chi connectivity index (χ0v) is 8.17. The Morgan fingerprint density at radius 3 is 2.83 bits per heavy atom. The van der Waals surface area contributed by atoms with E-state index in [0.29, 0.717) is 5.69 Å². The minimum Gasteiger partial charge on any atom is -0.381 e. The first kappa shape index (κ1) is 9.24. The Morgan fingerprint density at radius 2 is 2.33 bits per heavy atom. The zero-order valence-electron chi connectivity index (χ0n) is 6.58. The summed E-state index contributed by atoms with van der Waals surface area (Å²) < 4.78 is 0.921. The van der Waals surface area contributed by atoms with E-state index in [9.17, 15) is 0 Å². The maximum absolute atomic E-state index is 8.86. The fourth-order valence-corrected chi connectivity index (χ4v) is 0.863. The maximum atomic E-state index is 8.86. The summed E-state index contributed by atoms with van der Waals surface area (Å²) in [6.45, 7) is 1.62. The molecule has 0 spiro atoms. The number of nitrogens with zero attached hydrogens (tertiary/aromatic N) is 1. The van der Waals surface area contributed by atoms with Gasteiger partial charge < -0.3 is 5.11 Å². The van der Waals surface area contributed by atoms with Gasteiger partial charge in [0.25, 0.3) is 0 Å². The number of aliphatic hydroxyl groups excluding tert-OH is 1. The van der Waals surface area contributed by atoms with Gasteiger partial charge in [0, 0.05) is 10.7 Å². The SMILES string of the molecule is CC(O)C#Cc1ccc(Br)cn1. The van der Waals surface area contributed by atoms with Gasteiger partial charge in [-0.2, -0.15) is 0 Å². The molecule has 3 heteroatoms. The van der Waals surface area contributed by atoms with Crippen molar-refractivity contribution in [1.29, 1.82) is 0 Å². The molecule has 0 amide bonds. The van der Waals surface area contributed by atoms with Crippen LogP contribution in [0.2, 0.25) is 0 Å². The molecule has 1 aromatic rings. The van der Waals surface area contributed by atoms with Gasteiger partial charge >= 0.3 is 0 Å². The number of halogens is 1. The highest BCUT2D eigenvalue weighted by molar-refractivity contribution is 9.10. The molecular weight excluding hydrogens is 218 g/mol. The summed E-state index contributed by atoms with van der Waals surface area (Å²) in [7, 11) is 0. The quantitative estimate of drug-likeness (QED) is 0.681. The fourth-order valence-electron chi connectivity index (χ4n) is 0.628. The van der Waals surface area contributed by atoms with Crippen LogP contribution >= 0.6 is 15.9 Å². The number of rotatable bonds is 0. The zero-order chi connectivity index (χ0) is 8.97. The lowest BCUT2D eigenvalue weighted by atomic mass is 10.3. The number of pyridine rings is 1. The van der Waals surface area contributed by atoms with Crippen molar-refractivity contribution in [3.05, 3.63) is 28.5 Å². The second-order valence-corrected chi connectivity index (χ2v) is 3.22. The lowest BCUT2D eigenvalue weighted by Gasteiger charge is -1.90. The fraction of sp³-hybridized carbons (Fsp3) is 0.222. The molecule has 1 heterocycles. The van der Waals surface area contributed by atoms with Crippen LogP contribution in [0.1, 0.15) is 12.6 Å². The summed E-state index contributed by atoms with van der Waals surface area (Å²) in [5, 5.41) is 8.86. The van der Waals surface area contributed by atoms with Crippen LogP contribution in [0.5, 0.6) is 0 Å². The molecule has 0 saturated heterocycles. The highest BCUT2D eigenvalue weighted by Crippen LogP contribution is 2.06. The molecule has 1 aromatic heterocycles. The molecule has 62 valence electrons. The lowest BCUT2D eigenvalue weighted by molar-refractivity contribution is 0.253. The van der Waals surface area contributed by atoms with Crippen LogP contribution in [0.4, 0.5) is 0 Å². The van der Waals surface area contributed by atoms with E-state index in [-0.39, 0.29) is 0 Å². The van der Waals surface area contributed by atoms with E-state index in [0.717, 1.165) is 4.47 Å². The van der Waals surface area contributed by atoms with Gasteiger partial charge in [-0.25, -0.2) is 4.98 Å². The summed E-state index contributed by atoms with van der Waals surface area (Å²) in [6, 6.07) is 3.65. The molecule has 12 heavy (non-hydrogen) atoms. The van der Waals surface area contributed by atoms with E-state index in [1.807, 2.05) is 6.07 Å². The molecule has 0 aromatic carbocycles. The predicted molar refractivity (Wildman–Crippen MR) is 50.5 cm³/mol. The molecule has 0 aliphatic rings. The summed E-state index contributed by atoms with van der Waals surface area (Å²) in [6.07, 6.45) is 1.07. The van der Waals surface area contributed by atoms with Crippen molar-refractivity contribution >= 4 is 15.9 Å². The maximum Gasteiger partial charge on any atom is 0.113 e. The standard InChI is InChI=1S/C9H8BrNO/c1-7(12)2-4-9-5-3-8(10)6-11-9/h3,5-7,12H,1H3. The van der Waals surface area contributed by atoms with Crippen LogP contribution in [-0.4, -0.2) is 16.2 Å². The van der Waals surface area contributed by atoms with E-state index in [1.54, 1.807) is 19.2 Å². The Labute approximate surface area is 79.8 Å². The highest BCUT2D eigenvalue weighted by atomic mass is 79.9. The van der Waals surface area contributed by atoms with Crippen molar-refractivity contribution in [2.24, 2.45) is 0 Å². The minimum atomic E-state index is -0.601. The first-order chi connectivity index (χ1) is 5.68. The minimum absolute atomic E-state index is 0.601. The number of aliphatic hydroxyl groups is 1. The Balaban J connectivity index is 2.79. The lowest BCUT2D eigenvalue weighted by Crippen LogP contribution is -1.93. The molecule has 0 saturated carbocycles. The molecule has 1 atom stereocenters. The van der Waals surface area contributed by atoms with Gasteiger partial charge in [0.15, 0.2) is 0 Å². The second-order valence-electron chi connectivity index (χ2n) is 2.31. The van der Waals surface area contributed by atoms with Gasteiger partial charge in [-0.15, -0.1) is 0 Å². The molecule has 1 unspecified atom stereocenters. The van der Waals surface area contributed by atoms with Crippen molar-refractivity contribution in [3.63, 3.8) is 0 Å². The summed E-state index contributed by atoms with van der Waals surface area (Å²) >= 11 is 3.27. The van der Waals surface area contributed by atoms with Crippen LogP contribution in [0.3, 0.4) is 0 Å². The second kappa shape index (κ2) is 4.24. The molecule has 0 aliphatic heterocycles. The third-order valence-corrected chi connectivity index (χ3v) is 1.61. The van der Waals surface area contributed by atoms with Crippen LogP contribution < -0.4 is 0 Å². The Kier molecular flexibility index (Phi) is 3.27. The van der Waals surface area contributed by atoms with E-state index >= 15 is 0 Å². The molecule has 0 fully saturated rings. The molecule has 1 rings (SSSR count). The topological polar surface area (TPSA) is 33.1 Å². The van der Waals surface area contributed by atoms with Gasteiger partial charge in [0.1, 0.15) is 11.8 Å². The van der Waals surface area contributed by atoms with Gasteiger partial charge in [-0.3, -0.25) is 0 Å². The van der Waals surface area contributed by atoms with Gasteiger partial charge in [-0.05, 0) is 40.9 Å². The van der Waals surface area contributed by atoms with Gasteiger partial charge in [-0.1, -0.05) is 5.92 Å². The van der Waals surface area contributed by atoms with E-state index in [2.05, 4.69) is 32.8 Å². The van der Waals surface area contributed by atoms with Crippen LogP contribution in [0.15, 0.2) is 22.8 Å². The third-order valence-electron chi connectivity index (χ3n) is 1.14. The van der Waals surface area contributed by atoms with Crippen molar-refractivity contribution in [2.75, 3.05) is 0 Å². The summed E-state index contributed by atoms with van der Waals surface area (Å²) in [5.41, 5.74) is 0.666. The third kappa shape index (κ3) is 3.04. The Hall–Kier alpha value is -0.850. The first-order valence-electron chi connectivity index (χ1n) is 3.49. The first-order valence-corrected chi connectivity index (χ1v) is 4.29. The van der Waals surface area contributed by atoms with E-state index in [1.165, 1.54) is 0 Å². The Morgan fingerprint density at radius 1 is 1.58 bits per heavy atom. The van der Waals surface area contributed by atoms with Crippen LogP contribution in [-0.2, 0) is 0 Å². The monoisotopic (exact) mass is 225 g/mol. The molecule has 0 aliphatic carbocycles. The summed E-state index contributed by atoms with van der Waals surface area (Å²) in [4.78, 5) is 4.02. The number of hydrogen-bond acceptors (Lipinski definition) is 2. The number of aromatic nitrogens is 1. The number of hydrogen-bond donors (Lipinski definition) is 1. The Bertz CT molecular complexity index is 308. The van der Waals surface area contributed by atoms with Crippen LogP contribution in [0, 0.1) is 11.8 Å². The van der Waals surface area contributed by atoms with Gasteiger partial charge in [0.05, 0.1) is 0 Å². The average Bonchev–Trinajstić information content (AvgIpc) is 2.03. The predicted octanol–water partition coefficient (Wildman–Crippen LogP) is 1.58. The smallest absolute Gasteiger partial charge is 0.113 e. The summed E-state index contributed by atoms with van der Waals surface area (Å²) in [5.74, 6) is 5.35. The van der Waals surface area contributed by atoms with Crippen molar-refractivity contribution in [3.8, 4) is 11.8 Å². The van der Waals surface area contributed by atoms with E-state index < -0.39 is 6.10 Å². The molecule has 0 bridgehead atoms.